The topological polar surface area (TPSA) is 62.1 Å². The summed E-state index contributed by atoms with van der Waals surface area (Å²) in [5.74, 6) is -0.416. The Bertz CT molecular complexity index is 1150. The molecule has 1 N–H and O–H groups in total. The van der Waals surface area contributed by atoms with E-state index in [4.69, 9.17) is 4.74 Å². The van der Waals surface area contributed by atoms with Crippen LogP contribution in [0.1, 0.15) is 47.6 Å². The zero-order valence-corrected chi connectivity index (χ0v) is 19.5. The van der Waals surface area contributed by atoms with Crippen molar-refractivity contribution in [3.8, 4) is 24.7 Å². The maximum Gasteiger partial charge on any atom is 0.389 e. The van der Waals surface area contributed by atoms with E-state index < -0.39 is 37.4 Å². The molecule has 0 saturated heterocycles. The third-order valence-electron chi connectivity index (χ3n) is 5.49. The molecule has 1 amide bonds. The van der Waals surface area contributed by atoms with E-state index in [9.17, 15) is 32.0 Å². The number of carbonyl (C=O) groups excluding carboxylic acids is 1. The number of nitrogens with one attached hydrogen (secondary N) is 1. The van der Waals surface area contributed by atoms with Gasteiger partial charge in [-0.3, -0.25) is 4.79 Å². The summed E-state index contributed by atoms with van der Waals surface area (Å²) in [6, 6.07) is 13.0. The number of ether oxygens (including phenoxy) is 1. The van der Waals surface area contributed by atoms with Crippen LogP contribution in [0.4, 0.5) is 22.0 Å². The van der Waals surface area contributed by atoms with Gasteiger partial charge in [-0.05, 0) is 54.2 Å². The van der Waals surface area contributed by atoms with E-state index in [0.29, 0.717) is 16.7 Å². The Hall–Kier alpha value is -3.85. The van der Waals surface area contributed by atoms with Crippen molar-refractivity contribution >= 4 is 11.5 Å². The molecule has 9 heteroatoms. The molecule has 0 spiro atoms. The summed E-state index contributed by atoms with van der Waals surface area (Å²) in [6.07, 6.45) is -0.622. The van der Waals surface area contributed by atoms with Crippen LogP contribution in [-0.2, 0) is 11.2 Å². The van der Waals surface area contributed by atoms with Crippen LogP contribution in [0.15, 0.2) is 48.0 Å². The summed E-state index contributed by atoms with van der Waals surface area (Å²) in [7, 11) is 0. The summed E-state index contributed by atoms with van der Waals surface area (Å²) in [4.78, 5) is 12.7. The number of hydrogen-bond donors (Lipinski definition) is 1. The minimum Gasteiger partial charge on any atom is -0.494 e. The van der Waals surface area contributed by atoms with Gasteiger partial charge >= 0.3 is 6.18 Å². The highest BCUT2D eigenvalue weighted by molar-refractivity contribution is 6.06. The molecule has 1 aliphatic rings. The van der Waals surface area contributed by atoms with Crippen LogP contribution in [0, 0.1) is 31.1 Å². The van der Waals surface area contributed by atoms with E-state index in [-0.39, 0.29) is 36.3 Å². The predicted octanol–water partition coefficient (Wildman–Crippen LogP) is 6.31. The quantitative estimate of drug-likeness (QED) is 0.260. The van der Waals surface area contributed by atoms with Gasteiger partial charge in [0.1, 0.15) is 17.4 Å². The van der Waals surface area contributed by atoms with Gasteiger partial charge in [-0.2, -0.15) is 18.4 Å². The molecular weight excluding hydrogens is 479 g/mol. The summed E-state index contributed by atoms with van der Waals surface area (Å²) >= 11 is 0. The molecule has 1 aliphatic heterocycles. The molecule has 0 unspecified atom stereocenters. The number of rotatable bonds is 8. The summed E-state index contributed by atoms with van der Waals surface area (Å²) in [5.41, 5.74) is 2.86. The lowest BCUT2D eigenvalue weighted by atomic mass is 9.85. The molecule has 0 saturated carbocycles. The number of nitriles is 1. The molecule has 0 fully saturated rings. The Morgan fingerprint density at radius 1 is 1.17 bits per heavy atom. The monoisotopic (exact) mass is 504 g/mol. The summed E-state index contributed by atoms with van der Waals surface area (Å²) in [5, 5.41) is 12.2. The molecule has 4 nitrogen and oxygen atoms in total. The first-order chi connectivity index (χ1) is 17.1. The SMILES string of the molecule is C#C.Cc1ccc(C2=C(C#N)C(=O)N[C@@H](c3ccc(OCCCC(F)(F)F)cc3CC(F)F)C2)cc1. The van der Waals surface area contributed by atoms with Crippen LogP contribution >= 0.6 is 0 Å². The Morgan fingerprint density at radius 3 is 2.42 bits per heavy atom. The third-order valence-corrected chi connectivity index (χ3v) is 5.49. The third kappa shape index (κ3) is 7.84. The van der Waals surface area contributed by atoms with E-state index in [1.165, 1.54) is 18.2 Å². The average Bonchev–Trinajstić information content (AvgIpc) is 2.82. The second-order valence-electron chi connectivity index (χ2n) is 8.08. The molecule has 190 valence electrons. The molecule has 0 radical (unpaired) electrons. The van der Waals surface area contributed by atoms with Crippen molar-refractivity contribution in [1.29, 1.82) is 5.26 Å². The van der Waals surface area contributed by atoms with Crippen LogP contribution in [0.25, 0.3) is 5.57 Å². The molecule has 2 aromatic rings. The number of amides is 1. The van der Waals surface area contributed by atoms with Crippen molar-refractivity contribution in [2.45, 2.75) is 51.3 Å². The van der Waals surface area contributed by atoms with Crippen molar-refractivity contribution in [3.05, 3.63) is 70.3 Å². The van der Waals surface area contributed by atoms with Crippen molar-refractivity contribution < 1.29 is 31.5 Å². The number of hydrogen-bond acceptors (Lipinski definition) is 3. The number of alkyl halides is 5. The molecule has 1 heterocycles. The van der Waals surface area contributed by atoms with E-state index in [2.05, 4.69) is 18.2 Å². The van der Waals surface area contributed by atoms with Gasteiger partial charge in [-0.15, -0.1) is 12.8 Å². The second kappa shape index (κ2) is 12.7. The number of nitrogens with zero attached hydrogens (tertiary/aromatic N) is 1. The Balaban J connectivity index is 0.00000222. The molecule has 0 bridgehead atoms. The summed E-state index contributed by atoms with van der Waals surface area (Å²) in [6.45, 7) is 1.70. The maximum absolute atomic E-state index is 13.3. The van der Waals surface area contributed by atoms with Crippen LogP contribution in [0.5, 0.6) is 5.75 Å². The van der Waals surface area contributed by atoms with Gasteiger partial charge in [0.15, 0.2) is 0 Å². The highest BCUT2D eigenvalue weighted by atomic mass is 19.4. The first-order valence-corrected chi connectivity index (χ1v) is 11.0. The van der Waals surface area contributed by atoms with Gasteiger partial charge in [0.25, 0.3) is 5.91 Å². The zero-order chi connectivity index (χ0) is 26.9. The first kappa shape index (κ1) is 28.4. The average molecular weight is 504 g/mol. The lowest BCUT2D eigenvalue weighted by molar-refractivity contribution is -0.136. The van der Waals surface area contributed by atoms with Crippen molar-refractivity contribution in [2.75, 3.05) is 6.61 Å². The second-order valence-corrected chi connectivity index (χ2v) is 8.08. The Labute approximate surface area is 206 Å². The van der Waals surface area contributed by atoms with E-state index >= 15 is 0 Å². The predicted molar refractivity (Wildman–Crippen MR) is 126 cm³/mol. The molecule has 2 aromatic carbocycles. The Kier molecular flexibility index (Phi) is 10.0. The largest absolute Gasteiger partial charge is 0.494 e. The van der Waals surface area contributed by atoms with Crippen molar-refractivity contribution in [2.24, 2.45) is 0 Å². The molecule has 36 heavy (non-hydrogen) atoms. The number of carbonyl (C=O) groups is 1. The molecule has 3 rings (SSSR count). The summed E-state index contributed by atoms with van der Waals surface area (Å²) < 4.78 is 68.9. The van der Waals surface area contributed by atoms with Crippen LogP contribution in [-0.4, -0.2) is 25.1 Å². The van der Waals surface area contributed by atoms with Gasteiger partial charge in [0.2, 0.25) is 6.43 Å². The maximum atomic E-state index is 13.3. The number of aryl methyl sites for hydroxylation is 1. The molecule has 0 aliphatic carbocycles. The van der Waals surface area contributed by atoms with E-state index in [1.54, 1.807) is 12.1 Å². The number of benzene rings is 2. The fourth-order valence-corrected chi connectivity index (χ4v) is 3.87. The Morgan fingerprint density at radius 2 is 1.83 bits per heavy atom. The molecule has 0 aromatic heterocycles. The van der Waals surface area contributed by atoms with Crippen molar-refractivity contribution in [1.82, 2.24) is 5.32 Å². The zero-order valence-electron chi connectivity index (χ0n) is 19.5. The minimum atomic E-state index is -4.29. The van der Waals surface area contributed by atoms with Crippen LogP contribution in [0.3, 0.4) is 0 Å². The first-order valence-electron chi connectivity index (χ1n) is 11.0. The van der Waals surface area contributed by atoms with Gasteiger partial charge in [-0.25, -0.2) is 8.78 Å². The molecule has 1 atom stereocenters. The van der Waals surface area contributed by atoms with Gasteiger partial charge < -0.3 is 10.1 Å². The van der Waals surface area contributed by atoms with Gasteiger partial charge in [0.05, 0.1) is 12.6 Å². The highest BCUT2D eigenvalue weighted by Gasteiger charge is 2.30. The smallest absolute Gasteiger partial charge is 0.389 e. The fourth-order valence-electron chi connectivity index (χ4n) is 3.87. The van der Waals surface area contributed by atoms with E-state index in [0.717, 1.165) is 5.56 Å². The van der Waals surface area contributed by atoms with Crippen LogP contribution in [0.2, 0.25) is 0 Å². The van der Waals surface area contributed by atoms with Crippen LogP contribution < -0.4 is 10.1 Å². The molecular formula is C27H25F5N2O2. The normalized spacial score (nSPS) is 15.6. The minimum absolute atomic E-state index is 0.0277. The number of terminal acetylenes is 1. The highest BCUT2D eigenvalue weighted by Crippen LogP contribution is 2.37. The lowest BCUT2D eigenvalue weighted by Crippen LogP contribution is -2.35. The van der Waals surface area contributed by atoms with Crippen molar-refractivity contribution in [3.63, 3.8) is 0 Å². The van der Waals surface area contributed by atoms with E-state index in [1.807, 2.05) is 25.1 Å². The van der Waals surface area contributed by atoms with Gasteiger partial charge in [-0.1, -0.05) is 35.9 Å². The fraction of sp³-hybridized carbons (Fsp3) is 0.333. The number of halogens is 5. The standard InChI is InChI=1S/C25H23F5N2O2.C2H2/c1-15-3-5-16(6-4-15)20-13-22(32-24(33)21(20)14-31)19-8-7-18(11-17(19)12-23(26)27)34-10-2-9-25(28,29)30;1-2/h3-8,11,22-23H,2,9-10,12-13H2,1H3,(H,32,33);1-2H/t22-;/m1./s1. The van der Waals surface area contributed by atoms with Gasteiger partial charge in [0, 0.05) is 12.8 Å². The lowest BCUT2D eigenvalue weighted by Gasteiger charge is -2.28.